The molecule has 6 nitrogen and oxygen atoms in total. The number of anilines is 1. The average molecular weight is 378 g/mol. The van der Waals surface area contributed by atoms with Gasteiger partial charge in [0.05, 0.1) is 12.5 Å². The van der Waals surface area contributed by atoms with Gasteiger partial charge in [-0.15, -0.1) is 0 Å². The van der Waals surface area contributed by atoms with Gasteiger partial charge in [0.15, 0.2) is 6.61 Å². The molecule has 0 aromatic heterocycles. The number of nitrogens with one attached hydrogen (secondary N) is 1. The lowest BCUT2D eigenvalue weighted by Gasteiger charge is -2.32. The monoisotopic (exact) mass is 378 g/mol. The van der Waals surface area contributed by atoms with Crippen LogP contribution in [0.4, 0.5) is 5.69 Å². The fourth-order valence-electron chi connectivity index (χ4n) is 3.11. The molecule has 1 atom stereocenters. The van der Waals surface area contributed by atoms with Gasteiger partial charge in [0, 0.05) is 18.8 Å². The third kappa shape index (κ3) is 4.65. The van der Waals surface area contributed by atoms with Crippen LogP contribution in [-0.2, 0) is 19.1 Å². The first-order chi connectivity index (χ1) is 13.4. The van der Waals surface area contributed by atoms with E-state index in [4.69, 9.17) is 4.74 Å². The predicted octanol–water partition coefficient (Wildman–Crippen LogP) is 3.44. The summed E-state index contributed by atoms with van der Waals surface area (Å²) in [5, 5.41) is 2.68. The zero-order valence-corrected chi connectivity index (χ0v) is 15.8. The van der Waals surface area contributed by atoms with Gasteiger partial charge < -0.3 is 15.0 Å². The van der Waals surface area contributed by atoms with Gasteiger partial charge in [0.2, 0.25) is 5.91 Å². The Morgan fingerprint density at radius 1 is 1.07 bits per heavy atom. The summed E-state index contributed by atoms with van der Waals surface area (Å²) < 4.78 is 5.13. The molecule has 1 aliphatic rings. The molecule has 6 heteroatoms. The fraction of sp³-hybridized carbons (Fsp3) is 0.227. The molecular formula is C22H22N2O4. The van der Waals surface area contributed by atoms with Gasteiger partial charge in [0.25, 0.3) is 5.91 Å². The van der Waals surface area contributed by atoms with Crippen LogP contribution in [0.25, 0.3) is 6.08 Å². The molecule has 28 heavy (non-hydrogen) atoms. The Morgan fingerprint density at radius 3 is 2.50 bits per heavy atom. The summed E-state index contributed by atoms with van der Waals surface area (Å²) in [5.41, 5.74) is 3.55. The van der Waals surface area contributed by atoms with E-state index in [1.54, 1.807) is 18.3 Å². The third-order valence-corrected chi connectivity index (χ3v) is 4.53. The second-order valence-electron chi connectivity index (χ2n) is 6.67. The number of ether oxygens (including phenoxy) is 1. The van der Waals surface area contributed by atoms with Crippen molar-refractivity contribution in [3.63, 3.8) is 0 Å². The number of nitrogens with zero attached hydrogens (tertiary/aromatic N) is 1. The standard InChI is InChI=1S/C22H22N2O4/c1-15-7-9-18(10-8-15)23-21(26)14-28-22(27)13-20-19-6-4-3-5-17(19)11-12-24(20)16(2)25/h3-12,20H,13-14H2,1-2H3,(H,23,26)/t20-/m1/s1. The smallest absolute Gasteiger partial charge is 0.308 e. The van der Waals surface area contributed by atoms with Gasteiger partial charge in [-0.2, -0.15) is 0 Å². The largest absolute Gasteiger partial charge is 0.455 e. The van der Waals surface area contributed by atoms with Gasteiger partial charge in [-0.3, -0.25) is 14.4 Å². The summed E-state index contributed by atoms with van der Waals surface area (Å²) in [7, 11) is 0. The molecule has 2 amide bonds. The first-order valence-electron chi connectivity index (χ1n) is 9.02. The summed E-state index contributed by atoms with van der Waals surface area (Å²) in [5.74, 6) is -1.12. The molecule has 0 aliphatic carbocycles. The SMILES string of the molecule is CC(=O)N1C=Cc2ccccc2[C@H]1CC(=O)OCC(=O)Nc1ccc(C)cc1. The highest BCUT2D eigenvalue weighted by atomic mass is 16.5. The lowest BCUT2D eigenvalue weighted by atomic mass is 9.94. The van der Waals surface area contributed by atoms with Crippen LogP contribution >= 0.6 is 0 Å². The zero-order valence-electron chi connectivity index (χ0n) is 15.8. The number of hydrogen-bond donors (Lipinski definition) is 1. The van der Waals surface area contributed by atoms with Crippen molar-refractivity contribution in [2.24, 2.45) is 0 Å². The van der Waals surface area contributed by atoms with Crippen LogP contribution in [0.15, 0.2) is 54.7 Å². The summed E-state index contributed by atoms with van der Waals surface area (Å²) in [4.78, 5) is 37.8. The van der Waals surface area contributed by atoms with Crippen molar-refractivity contribution in [1.82, 2.24) is 4.90 Å². The number of esters is 1. The minimum atomic E-state index is -0.541. The highest BCUT2D eigenvalue weighted by Gasteiger charge is 2.28. The van der Waals surface area contributed by atoms with Crippen LogP contribution in [-0.4, -0.2) is 29.3 Å². The molecule has 2 aromatic rings. The molecule has 0 spiro atoms. The van der Waals surface area contributed by atoms with Crippen molar-refractivity contribution >= 4 is 29.5 Å². The highest BCUT2D eigenvalue weighted by molar-refractivity contribution is 5.92. The number of hydrogen-bond acceptors (Lipinski definition) is 4. The Bertz CT molecular complexity index is 918. The predicted molar refractivity (Wildman–Crippen MR) is 106 cm³/mol. The first kappa shape index (κ1) is 19.4. The second kappa shape index (κ2) is 8.52. The average Bonchev–Trinajstić information content (AvgIpc) is 2.68. The molecule has 0 bridgehead atoms. The van der Waals surface area contributed by atoms with E-state index in [-0.39, 0.29) is 18.9 Å². The van der Waals surface area contributed by atoms with E-state index in [1.165, 1.54) is 11.8 Å². The van der Waals surface area contributed by atoms with Gasteiger partial charge in [-0.25, -0.2) is 0 Å². The number of rotatable bonds is 5. The highest BCUT2D eigenvalue weighted by Crippen LogP contribution is 2.33. The van der Waals surface area contributed by atoms with Gasteiger partial charge in [-0.1, -0.05) is 42.0 Å². The lowest BCUT2D eigenvalue weighted by molar-refractivity contribution is -0.149. The molecule has 0 saturated carbocycles. The topological polar surface area (TPSA) is 75.7 Å². The van der Waals surface area contributed by atoms with Crippen molar-refractivity contribution < 1.29 is 19.1 Å². The number of fused-ring (bicyclic) bond motifs is 1. The molecule has 0 fully saturated rings. The lowest BCUT2D eigenvalue weighted by Crippen LogP contribution is -2.33. The van der Waals surface area contributed by atoms with Crippen LogP contribution in [0.1, 0.15) is 36.1 Å². The Labute approximate surface area is 163 Å². The quantitative estimate of drug-likeness (QED) is 0.809. The maximum Gasteiger partial charge on any atom is 0.308 e. The second-order valence-corrected chi connectivity index (χ2v) is 6.67. The van der Waals surface area contributed by atoms with E-state index in [2.05, 4.69) is 5.32 Å². The fourth-order valence-corrected chi connectivity index (χ4v) is 3.11. The Morgan fingerprint density at radius 2 is 1.79 bits per heavy atom. The minimum absolute atomic E-state index is 0.0290. The third-order valence-electron chi connectivity index (χ3n) is 4.53. The van der Waals surface area contributed by atoms with E-state index in [0.717, 1.165) is 16.7 Å². The molecular weight excluding hydrogens is 356 g/mol. The summed E-state index contributed by atoms with van der Waals surface area (Å²) in [6.45, 7) is 3.03. The molecule has 144 valence electrons. The van der Waals surface area contributed by atoms with Gasteiger partial charge >= 0.3 is 5.97 Å². The maximum atomic E-state index is 12.3. The number of carbonyl (C=O) groups excluding carboxylic acids is 3. The van der Waals surface area contributed by atoms with Crippen LogP contribution in [0.3, 0.4) is 0 Å². The molecule has 0 saturated heterocycles. The maximum absolute atomic E-state index is 12.3. The zero-order chi connectivity index (χ0) is 20.1. The number of benzene rings is 2. The summed E-state index contributed by atoms with van der Waals surface area (Å²) >= 11 is 0. The molecule has 0 radical (unpaired) electrons. The van der Waals surface area contributed by atoms with Gasteiger partial charge in [-0.05, 0) is 36.3 Å². The van der Waals surface area contributed by atoms with Crippen molar-refractivity contribution in [2.45, 2.75) is 26.3 Å². The van der Waals surface area contributed by atoms with Gasteiger partial charge in [0.1, 0.15) is 0 Å². The molecule has 1 N–H and O–H groups in total. The van der Waals surface area contributed by atoms with Crippen molar-refractivity contribution in [3.05, 3.63) is 71.4 Å². The number of aryl methyl sites for hydroxylation is 1. The van der Waals surface area contributed by atoms with Crippen LogP contribution in [0, 0.1) is 6.92 Å². The molecule has 0 unspecified atom stereocenters. The molecule has 2 aromatic carbocycles. The van der Waals surface area contributed by atoms with Crippen LogP contribution < -0.4 is 5.32 Å². The van der Waals surface area contributed by atoms with Crippen molar-refractivity contribution in [1.29, 1.82) is 0 Å². The van der Waals surface area contributed by atoms with E-state index >= 15 is 0 Å². The normalized spacial score (nSPS) is 14.9. The minimum Gasteiger partial charge on any atom is -0.455 e. The van der Waals surface area contributed by atoms with E-state index in [1.807, 2.05) is 49.4 Å². The molecule has 3 rings (SSSR count). The molecule has 1 aliphatic heterocycles. The summed E-state index contributed by atoms with van der Waals surface area (Å²) in [6.07, 6.45) is 3.49. The van der Waals surface area contributed by atoms with E-state index in [0.29, 0.717) is 5.69 Å². The first-order valence-corrected chi connectivity index (χ1v) is 9.02. The van der Waals surface area contributed by atoms with E-state index < -0.39 is 17.9 Å². The summed E-state index contributed by atoms with van der Waals surface area (Å²) in [6, 6.07) is 14.5. The van der Waals surface area contributed by atoms with E-state index in [9.17, 15) is 14.4 Å². The Hall–Kier alpha value is -3.41. The van der Waals surface area contributed by atoms with Crippen LogP contribution in [0.5, 0.6) is 0 Å². The Balaban J connectivity index is 1.60. The number of carbonyl (C=O) groups is 3. The molecule has 1 heterocycles. The van der Waals surface area contributed by atoms with Crippen molar-refractivity contribution in [2.75, 3.05) is 11.9 Å². The van der Waals surface area contributed by atoms with Crippen molar-refractivity contribution in [3.8, 4) is 0 Å². The number of amides is 2. The van der Waals surface area contributed by atoms with Crippen LogP contribution in [0.2, 0.25) is 0 Å². The Kier molecular flexibility index (Phi) is 5.89.